The first-order valence-corrected chi connectivity index (χ1v) is 6.28. The third kappa shape index (κ3) is 2.90. The summed E-state index contributed by atoms with van der Waals surface area (Å²) >= 11 is 2.99. The Labute approximate surface area is 111 Å². The SMILES string of the molecule is O=C1NCCN1CCNc1cc(Br)c(F)cc1F. The van der Waals surface area contributed by atoms with Crippen LogP contribution in [0.5, 0.6) is 0 Å². The summed E-state index contributed by atoms with van der Waals surface area (Å²) in [6.45, 7) is 2.16. The summed E-state index contributed by atoms with van der Waals surface area (Å²) in [7, 11) is 0. The Kier molecular flexibility index (Phi) is 4.00. The highest BCUT2D eigenvalue weighted by atomic mass is 79.9. The number of rotatable bonds is 4. The van der Waals surface area contributed by atoms with E-state index in [1.165, 1.54) is 6.07 Å². The van der Waals surface area contributed by atoms with E-state index in [-0.39, 0.29) is 16.2 Å². The molecule has 0 saturated carbocycles. The van der Waals surface area contributed by atoms with Gasteiger partial charge >= 0.3 is 6.03 Å². The van der Waals surface area contributed by atoms with E-state index in [1.807, 2.05) is 0 Å². The molecular formula is C11H12BrF2N3O. The molecule has 4 nitrogen and oxygen atoms in total. The van der Waals surface area contributed by atoms with E-state index in [1.54, 1.807) is 4.90 Å². The first-order valence-electron chi connectivity index (χ1n) is 5.49. The predicted octanol–water partition coefficient (Wildman–Crippen LogP) is 2.16. The minimum atomic E-state index is -0.651. The van der Waals surface area contributed by atoms with E-state index in [4.69, 9.17) is 0 Å². The van der Waals surface area contributed by atoms with Crippen LogP contribution in [0.3, 0.4) is 0 Å². The molecule has 1 fully saturated rings. The number of carbonyl (C=O) groups excluding carboxylic acids is 1. The fraction of sp³-hybridized carbons (Fsp3) is 0.364. The predicted molar refractivity (Wildman–Crippen MR) is 67.5 cm³/mol. The second-order valence-electron chi connectivity index (χ2n) is 3.89. The normalized spacial score (nSPS) is 14.8. The highest BCUT2D eigenvalue weighted by molar-refractivity contribution is 9.10. The highest BCUT2D eigenvalue weighted by Gasteiger charge is 2.18. The Bertz CT molecular complexity index is 470. The summed E-state index contributed by atoms with van der Waals surface area (Å²) in [5.41, 5.74) is 0.211. The lowest BCUT2D eigenvalue weighted by Gasteiger charge is -2.15. The molecule has 0 spiro atoms. The third-order valence-corrected chi connectivity index (χ3v) is 3.26. The first-order chi connectivity index (χ1) is 8.58. The summed E-state index contributed by atoms with van der Waals surface area (Å²) in [5.74, 6) is -1.29. The molecule has 1 saturated heterocycles. The van der Waals surface area contributed by atoms with Gasteiger partial charge in [-0.25, -0.2) is 13.6 Å². The molecule has 2 rings (SSSR count). The van der Waals surface area contributed by atoms with Crippen LogP contribution in [0.2, 0.25) is 0 Å². The Hall–Kier alpha value is -1.37. The molecule has 0 aromatic heterocycles. The fourth-order valence-electron chi connectivity index (χ4n) is 1.71. The zero-order chi connectivity index (χ0) is 13.1. The van der Waals surface area contributed by atoms with Crippen molar-refractivity contribution < 1.29 is 13.6 Å². The van der Waals surface area contributed by atoms with Gasteiger partial charge < -0.3 is 15.5 Å². The van der Waals surface area contributed by atoms with Gasteiger partial charge in [-0.3, -0.25) is 0 Å². The van der Waals surface area contributed by atoms with Crippen molar-refractivity contribution in [2.75, 3.05) is 31.5 Å². The van der Waals surface area contributed by atoms with Crippen molar-refractivity contribution in [2.24, 2.45) is 0 Å². The zero-order valence-corrected chi connectivity index (χ0v) is 11.1. The van der Waals surface area contributed by atoms with Crippen LogP contribution in [0.15, 0.2) is 16.6 Å². The molecule has 0 bridgehead atoms. The Morgan fingerprint density at radius 3 is 2.83 bits per heavy atom. The molecule has 1 heterocycles. The number of benzene rings is 1. The number of halogens is 3. The molecule has 2 N–H and O–H groups in total. The number of anilines is 1. The zero-order valence-electron chi connectivity index (χ0n) is 9.47. The van der Waals surface area contributed by atoms with Crippen molar-refractivity contribution in [1.82, 2.24) is 10.2 Å². The van der Waals surface area contributed by atoms with Crippen molar-refractivity contribution in [3.8, 4) is 0 Å². The molecule has 2 amide bonds. The lowest BCUT2D eigenvalue weighted by atomic mass is 10.3. The Balaban J connectivity index is 1.90. The topological polar surface area (TPSA) is 44.4 Å². The molecule has 1 aromatic rings. The van der Waals surface area contributed by atoms with Crippen molar-refractivity contribution in [1.29, 1.82) is 0 Å². The molecule has 98 valence electrons. The van der Waals surface area contributed by atoms with Gasteiger partial charge in [0.1, 0.15) is 11.6 Å². The van der Waals surface area contributed by atoms with Crippen LogP contribution in [0, 0.1) is 11.6 Å². The Morgan fingerprint density at radius 1 is 1.39 bits per heavy atom. The minimum absolute atomic E-state index is 0.113. The summed E-state index contributed by atoms with van der Waals surface area (Å²) in [6, 6.07) is 2.04. The lowest BCUT2D eigenvalue weighted by molar-refractivity contribution is 0.219. The molecule has 7 heteroatoms. The van der Waals surface area contributed by atoms with Crippen molar-refractivity contribution in [2.45, 2.75) is 0 Å². The number of urea groups is 1. The van der Waals surface area contributed by atoms with E-state index >= 15 is 0 Å². The van der Waals surface area contributed by atoms with Gasteiger partial charge in [0.05, 0.1) is 10.2 Å². The number of nitrogens with zero attached hydrogens (tertiary/aromatic N) is 1. The smallest absolute Gasteiger partial charge is 0.317 e. The van der Waals surface area contributed by atoms with Crippen LogP contribution < -0.4 is 10.6 Å². The van der Waals surface area contributed by atoms with Gasteiger partial charge in [-0.2, -0.15) is 0 Å². The van der Waals surface area contributed by atoms with Gasteiger partial charge in [0, 0.05) is 32.2 Å². The van der Waals surface area contributed by atoms with Gasteiger partial charge in [-0.05, 0) is 22.0 Å². The van der Waals surface area contributed by atoms with Crippen molar-refractivity contribution in [3.63, 3.8) is 0 Å². The number of amides is 2. The molecular weight excluding hydrogens is 308 g/mol. The monoisotopic (exact) mass is 319 g/mol. The van der Waals surface area contributed by atoms with Crippen molar-refractivity contribution in [3.05, 3.63) is 28.2 Å². The average molecular weight is 320 g/mol. The maximum Gasteiger partial charge on any atom is 0.317 e. The Morgan fingerprint density at radius 2 is 2.17 bits per heavy atom. The van der Waals surface area contributed by atoms with Crippen molar-refractivity contribution >= 4 is 27.6 Å². The van der Waals surface area contributed by atoms with E-state index in [0.29, 0.717) is 26.2 Å². The molecule has 1 aliphatic rings. The quantitative estimate of drug-likeness (QED) is 0.835. The maximum absolute atomic E-state index is 13.4. The van der Waals surface area contributed by atoms with Gasteiger partial charge in [-0.15, -0.1) is 0 Å². The van der Waals surface area contributed by atoms with E-state index in [2.05, 4.69) is 26.6 Å². The number of nitrogens with one attached hydrogen (secondary N) is 2. The van der Waals surface area contributed by atoms with Crippen LogP contribution in [0.25, 0.3) is 0 Å². The van der Waals surface area contributed by atoms with Crippen LogP contribution in [0.1, 0.15) is 0 Å². The molecule has 18 heavy (non-hydrogen) atoms. The third-order valence-electron chi connectivity index (χ3n) is 2.65. The maximum atomic E-state index is 13.4. The standard InChI is InChI=1S/C11H12BrF2N3O/c12-7-5-10(9(14)6-8(7)13)15-1-3-17-4-2-16-11(17)18/h5-6,15H,1-4H2,(H,16,18). The summed E-state index contributed by atoms with van der Waals surface area (Å²) < 4.78 is 26.6. The number of hydrogen-bond acceptors (Lipinski definition) is 2. The van der Waals surface area contributed by atoms with E-state index in [9.17, 15) is 13.6 Å². The van der Waals surface area contributed by atoms with E-state index in [0.717, 1.165) is 6.07 Å². The summed E-state index contributed by atoms with van der Waals surface area (Å²) in [4.78, 5) is 12.9. The van der Waals surface area contributed by atoms with Gasteiger partial charge in [0.2, 0.25) is 0 Å². The minimum Gasteiger partial charge on any atom is -0.381 e. The lowest BCUT2D eigenvalue weighted by Crippen LogP contribution is -2.32. The van der Waals surface area contributed by atoms with Gasteiger partial charge in [0.15, 0.2) is 0 Å². The average Bonchev–Trinajstić information content (AvgIpc) is 2.72. The molecule has 0 atom stereocenters. The second kappa shape index (κ2) is 5.51. The van der Waals surface area contributed by atoms with E-state index < -0.39 is 11.6 Å². The van der Waals surface area contributed by atoms with Gasteiger partial charge in [-0.1, -0.05) is 0 Å². The van der Waals surface area contributed by atoms with Crippen LogP contribution in [0.4, 0.5) is 19.3 Å². The van der Waals surface area contributed by atoms with Crippen LogP contribution >= 0.6 is 15.9 Å². The molecule has 0 radical (unpaired) electrons. The summed E-state index contributed by atoms with van der Waals surface area (Å²) in [6.07, 6.45) is 0. The second-order valence-corrected chi connectivity index (χ2v) is 4.75. The van der Waals surface area contributed by atoms with Crippen LogP contribution in [-0.2, 0) is 0 Å². The highest BCUT2D eigenvalue weighted by Crippen LogP contribution is 2.23. The molecule has 0 unspecified atom stereocenters. The summed E-state index contributed by atoms with van der Waals surface area (Å²) in [5, 5.41) is 5.51. The fourth-order valence-corrected chi connectivity index (χ4v) is 2.05. The molecule has 1 aromatic carbocycles. The number of carbonyl (C=O) groups is 1. The van der Waals surface area contributed by atoms with Gasteiger partial charge in [0.25, 0.3) is 0 Å². The van der Waals surface area contributed by atoms with Crippen LogP contribution in [-0.4, -0.2) is 37.1 Å². The first kappa shape index (κ1) is 13.1. The largest absolute Gasteiger partial charge is 0.381 e. The molecule has 0 aliphatic carbocycles. The number of hydrogen-bond donors (Lipinski definition) is 2. The molecule has 1 aliphatic heterocycles.